The van der Waals surface area contributed by atoms with Crippen molar-refractivity contribution in [1.82, 2.24) is 0 Å². The minimum Gasteiger partial charge on any atom is -0.438 e. The van der Waals surface area contributed by atoms with E-state index in [0.29, 0.717) is 29.6 Å². The summed E-state index contributed by atoms with van der Waals surface area (Å²) in [6, 6.07) is 12.9. The second-order valence-corrected chi connectivity index (χ2v) is 14.8. The van der Waals surface area contributed by atoms with Gasteiger partial charge in [-0.15, -0.1) is 0 Å². The number of rotatable bonds is 17. The third-order valence-electron chi connectivity index (χ3n) is 6.92. The lowest BCUT2D eigenvalue weighted by molar-refractivity contribution is -0.161. The summed E-state index contributed by atoms with van der Waals surface area (Å²) in [6.07, 6.45) is 0.530. The van der Waals surface area contributed by atoms with E-state index in [1.807, 2.05) is 56.3 Å². The highest BCUT2D eigenvalue weighted by atomic mass is 31.2. The molecule has 0 aliphatic carbocycles. The van der Waals surface area contributed by atoms with Gasteiger partial charge in [0.2, 0.25) is 13.6 Å². The first kappa shape index (κ1) is 39.7. The summed E-state index contributed by atoms with van der Waals surface area (Å²) >= 11 is 0. The number of nitrogens with zero attached hydrogens (tertiary/aromatic N) is 1. The molecule has 2 aromatic rings. The minimum atomic E-state index is -4.65. The number of nitrogens with one attached hydrogen (secondary N) is 2. The summed E-state index contributed by atoms with van der Waals surface area (Å²) in [5.74, 6) is -0.814. The summed E-state index contributed by atoms with van der Waals surface area (Å²) in [7, 11) is -4.65. The van der Waals surface area contributed by atoms with Gasteiger partial charge in [-0.25, -0.2) is 18.4 Å². The summed E-state index contributed by atoms with van der Waals surface area (Å²) in [5, 5.41) is 5.91. The molecule has 3 N–H and O–H groups in total. The maximum atomic E-state index is 13.1. The maximum Gasteiger partial charge on any atom is 0.478 e. The van der Waals surface area contributed by atoms with Crippen LogP contribution in [0, 0.1) is 24.2 Å². The largest absolute Gasteiger partial charge is 0.478 e. The van der Waals surface area contributed by atoms with E-state index in [0.717, 1.165) is 29.9 Å². The zero-order chi connectivity index (χ0) is 35.4. The van der Waals surface area contributed by atoms with Crippen LogP contribution < -0.4 is 15.5 Å². The van der Waals surface area contributed by atoms with Crippen LogP contribution in [0.2, 0.25) is 0 Å². The molecule has 2 aromatic carbocycles. The van der Waals surface area contributed by atoms with Gasteiger partial charge >= 0.3 is 25.8 Å². The molecular weight excluding hydrogens is 625 g/mol. The molecule has 2 atom stereocenters. The zero-order valence-corrected chi connectivity index (χ0v) is 30.0. The Morgan fingerprint density at radius 1 is 0.894 bits per heavy atom. The van der Waals surface area contributed by atoms with Crippen LogP contribution in [0.1, 0.15) is 85.3 Å². The Kier molecular flexibility index (Phi) is 15.4. The Balaban J connectivity index is 2.16. The number of urea groups is 1. The zero-order valence-electron chi connectivity index (χ0n) is 29.1. The van der Waals surface area contributed by atoms with Crippen molar-refractivity contribution < 1.29 is 42.4 Å². The number of benzene rings is 2. The SMILES string of the molecule is CC[C@@H](CC(=O)OCOP(=O)(O)OCOC(=O)C(C)(C)C)c1ccc(N(CC(C)C)CC(C)C)c(NC(=O)Nc2ccc(C)cc2)c1. The lowest BCUT2D eigenvalue weighted by Gasteiger charge is -2.31. The smallest absolute Gasteiger partial charge is 0.438 e. The molecule has 0 aliphatic rings. The van der Waals surface area contributed by atoms with Crippen LogP contribution in [-0.4, -0.2) is 49.5 Å². The first-order valence-corrected chi connectivity index (χ1v) is 17.4. The minimum absolute atomic E-state index is 0.0459. The molecule has 2 amide bonds. The van der Waals surface area contributed by atoms with Crippen molar-refractivity contribution in [3.63, 3.8) is 0 Å². The summed E-state index contributed by atoms with van der Waals surface area (Å²) in [4.78, 5) is 49.7. The standard InChI is InChI=1S/C34H52N3O9P/c1-10-26(18-31(38)43-21-45-47(41,42)46-22-44-32(39)34(7,8)9)27-13-16-30(37(19-23(2)3)20-24(4)5)29(17-27)36-33(40)35-28-14-11-25(6)12-15-28/h11-17,23-24,26H,10,18-22H2,1-9H3,(H,41,42)(H2,35,36,40)/t26-/m0/s1. The quantitative estimate of drug-likeness (QED) is 0.0858. The second kappa shape index (κ2) is 18.2. The molecule has 0 fully saturated rings. The summed E-state index contributed by atoms with van der Waals surface area (Å²) in [6.45, 7) is 17.3. The van der Waals surface area contributed by atoms with Crippen LogP contribution in [0.15, 0.2) is 42.5 Å². The van der Waals surface area contributed by atoms with Gasteiger partial charge in [-0.3, -0.25) is 9.59 Å². The molecule has 12 nitrogen and oxygen atoms in total. The lowest BCUT2D eigenvalue weighted by atomic mass is 9.92. The average molecular weight is 678 g/mol. The first-order chi connectivity index (χ1) is 21.9. The Hall–Kier alpha value is -3.44. The number of ether oxygens (including phenoxy) is 2. The van der Waals surface area contributed by atoms with Crippen LogP contribution >= 0.6 is 7.82 Å². The number of hydrogen-bond donors (Lipinski definition) is 3. The third-order valence-corrected chi connectivity index (χ3v) is 7.78. The molecule has 2 rings (SSSR count). The predicted octanol–water partition coefficient (Wildman–Crippen LogP) is 7.82. The van der Waals surface area contributed by atoms with Gasteiger partial charge in [0.15, 0.2) is 0 Å². The number of carbonyl (C=O) groups excluding carboxylic acids is 3. The van der Waals surface area contributed by atoms with Crippen molar-refractivity contribution in [2.24, 2.45) is 17.3 Å². The molecule has 0 saturated heterocycles. The molecule has 0 radical (unpaired) electrons. The van der Waals surface area contributed by atoms with Crippen molar-refractivity contribution in [2.75, 3.05) is 42.2 Å². The highest BCUT2D eigenvalue weighted by molar-refractivity contribution is 7.47. The molecular formula is C34H52N3O9P. The van der Waals surface area contributed by atoms with Crippen LogP contribution in [0.3, 0.4) is 0 Å². The number of hydrogen-bond acceptors (Lipinski definition) is 9. The Morgan fingerprint density at radius 3 is 2.00 bits per heavy atom. The van der Waals surface area contributed by atoms with Crippen molar-refractivity contribution in [2.45, 2.75) is 81.1 Å². The van der Waals surface area contributed by atoms with Crippen molar-refractivity contribution >= 4 is 42.9 Å². The lowest BCUT2D eigenvalue weighted by Crippen LogP contribution is -2.32. The fourth-order valence-electron chi connectivity index (χ4n) is 4.57. The first-order valence-electron chi connectivity index (χ1n) is 15.9. The van der Waals surface area contributed by atoms with Gasteiger partial charge in [-0.05, 0) is 81.7 Å². The van der Waals surface area contributed by atoms with Gasteiger partial charge in [-0.1, -0.05) is 58.4 Å². The van der Waals surface area contributed by atoms with Gasteiger partial charge in [0.25, 0.3) is 0 Å². The Bertz CT molecular complexity index is 1360. The molecule has 0 saturated carbocycles. The van der Waals surface area contributed by atoms with Crippen LogP contribution in [0.5, 0.6) is 0 Å². The molecule has 13 heteroatoms. The molecule has 0 bridgehead atoms. The summed E-state index contributed by atoms with van der Waals surface area (Å²) in [5.41, 5.74) is 3.21. The van der Waals surface area contributed by atoms with E-state index in [2.05, 4.69) is 47.8 Å². The number of aryl methyl sites for hydroxylation is 1. The fraction of sp³-hybridized carbons (Fsp3) is 0.559. The van der Waals surface area contributed by atoms with Gasteiger partial charge in [0.05, 0.1) is 23.2 Å². The predicted molar refractivity (Wildman–Crippen MR) is 183 cm³/mol. The molecule has 0 aromatic heterocycles. The number of esters is 2. The van der Waals surface area contributed by atoms with Gasteiger partial charge in [0, 0.05) is 18.8 Å². The molecule has 262 valence electrons. The van der Waals surface area contributed by atoms with Crippen molar-refractivity contribution in [1.29, 1.82) is 0 Å². The molecule has 47 heavy (non-hydrogen) atoms. The van der Waals surface area contributed by atoms with E-state index >= 15 is 0 Å². The third kappa shape index (κ3) is 14.5. The van der Waals surface area contributed by atoms with Crippen LogP contribution in [0.25, 0.3) is 0 Å². The maximum absolute atomic E-state index is 13.1. The highest BCUT2D eigenvalue weighted by Gasteiger charge is 2.27. The number of anilines is 3. The van der Waals surface area contributed by atoms with E-state index in [1.165, 1.54) is 0 Å². The van der Waals surface area contributed by atoms with Crippen LogP contribution in [0.4, 0.5) is 21.9 Å². The van der Waals surface area contributed by atoms with Gasteiger partial charge in [0.1, 0.15) is 0 Å². The average Bonchev–Trinajstić information content (AvgIpc) is 2.95. The Morgan fingerprint density at radius 2 is 1.47 bits per heavy atom. The molecule has 0 aliphatic heterocycles. The monoisotopic (exact) mass is 677 g/mol. The van der Waals surface area contributed by atoms with Gasteiger partial charge < -0.3 is 29.9 Å². The topological polar surface area (TPSA) is 153 Å². The molecule has 0 heterocycles. The second-order valence-electron chi connectivity index (χ2n) is 13.4. The normalized spacial score (nSPS) is 13.5. The highest BCUT2D eigenvalue weighted by Crippen LogP contribution is 2.43. The van der Waals surface area contributed by atoms with E-state index in [4.69, 9.17) is 14.0 Å². The van der Waals surface area contributed by atoms with Crippen molar-refractivity contribution in [3.05, 3.63) is 53.6 Å². The van der Waals surface area contributed by atoms with E-state index in [-0.39, 0.29) is 12.3 Å². The van der Waals surface area contributed by atoms with E-state index < -0.39 is 44.8 Å². The number of phosphoric ester groups is 1. The number of amides is 2. The number of carbonyl (C=O) groups is 3. The molecule has 0 spiro atoms. The summed E-state index contributed by atoms with van der Waals surface area (Å²) < 4.78 is 31.3. The van der Waals surface area contributed by atoms with E-state index in [1.54, 1.807) is 20.8 Å². The molecule has 1 unspecified atom stereocenters. The van der Waals surface area contributed by atoms with Crippen LogP contribution in [-0.2, 0) is 32.7 Å². The van der Waals surface area contributed by atoms with Gasteiger partial charge in [-0.2, -0.15) is 0 Å². The fourth-order valence-corrected chi connectivity index (χ4v) is 5.02. The Labute approximate surface area is 279 Å². The van der Waals surface area contributed by atoms with Crippen molar-refractivity contribution in [3.8, 4) is 0 Å². The number of phosphoric acid groups is 1. The van der Waals surface area contributed by atoms with E-state index in [9.17, 15) is 23.8 Å².